The maximum atomic E-state index is 12.9. The predicted molar refractivity (Wildman–Crippen MR) is 120 cm³/mol. The Bertz CT molecular complexity index is 1070. The molecule has 3 saturated heterocycles. The van der Waals surface area contributed by atoms with Crippen LogP contribution in [0, 0.1) is 11.3 Å². The number of ether oxygens (including phenoxy) is 1. The second kappa shape index (κ2) is 8.36. The molecule has 3 aliphatic heterocycles. The summed E-state index contributed by atoms with van der Waals surface area (Å²) in [5.41, 5.74) is 2.28. The lowest BCUT2D eigenvalue weighted by Gasteiger charge is -2.34. The summed E-state index contributed by atoms with van der Waals surface area (Å²) in [6.45, 7) is 1.58. The summed E-state index contributed by atoms with van der Waals surface area (Å²) in [6, 6.07) is 9.37. The Labute approximate surface area is 186 Å². The molecular formula is C22H25N5O3S. The molecule has 3 fully saturated rings. The van der Waals surface area contributed by atoms with E-state index < -0.39 is 6.04 Å². The van der Waals surface area contributed by atoms with E-state index in [2.05, 4.69) is 21.3 Å². The van der Waals surface area contributed by atoms with E-state index in [0.29, 0.717) is 17.2 Å². The summed E-state index contributed by atoms with van der Waals surface area (Å²) < 4.78 is 5.93. The van der Waals surface area contributed by atoms with Crippen LogP contribution in [0.5, 0.6) is 0 Å². The summed E-state index contributed by atoms with van der Waals surface area (Å²) in [4.78, 5) is 33.6. The number of nitrogens with one attached hydrogen (secondary N) is 1. The number of morpholine rings is 1. The highest BCUT2D eigenvalue weighted by atomic mass is 32.2. The van der Waals surface area contributed by atoms with Crippen molar-refractivity contribution in [3.05, 3.63) is 36.0 Å². The van der Waals surface area contributed by atoms with Crippen molar-refractivity contribution in [1.29, 1.82) is 5.26 Å². The summed E-state index contributed by atoms with van der Waals surface area (Å²) in [7, 11) is 0. The van der Waals surface area contributed by atoms with Crippen LogP contribution in [-0.2, 0) is 9.53 Å². The average molecular weight is 440 g/mol. The molecule has 31 heavy (non-hydrogen) atoms. The van der Waals surface area contributed by atoms with Crippen molar-refractivity contribution in [3.63, 3.8) is 0 Å². The minimum Gasteiger partial charge on any atom is -0.371 e. The molecule has 5 rings (SSSR count). The largest absolute Gasteiger partial charge is 0.371 e. The van der Waals surface area contributed by atoms with Crippen LogP contribution in [0.15, 0.2) is 30.5 Å². The molecule has 2 unspecified atom stereocenters. The third-order valence-electron chi connectivity index (χ3n) is 6.13. The monoisotopic (exact) mass is 439 g/mol. The minimum absolute atomic E-state index is 0. The summed E-state index contributed by atoms with van der Waals surface area (Å²) >= 11 is 1.54. The fraction of sp³-hybridized carbons (Fsp3) is 0.455. The predicted octanol–water partition coefficient (Wildman–Crippen LogP) is 2.00. The molecule has 162 valence electrons. The minimum atomic E-state index is -0.428. The van der Waals surface area contributed by atoms with Gasteiger partial charge in [0.2, 0.25) is 5.91 Å². The van der Waals surface area contributed by atoms with Crippen LogP contribution in [-0.4, -0.2) is 71.2 Å². The molecule has 0 spiro atoms. The van der Waals surface area contributed by atoms with E-state index in [4.69, 9.17) is 10.00 Å². The van der Waals surface area contributed by atoms with Crippen molar-refractivity contribution >= 4 is 40.2 Å². The number of aromatic nitrogens is 1. The van der Waals surface area contributed by atoms with Crippen molar-refractivity contribution in [2.24, 2.45) is 0 Å². The van der Waals surface area contributed by atoms with Gasteiger partial charge >= 0.3 is 0 Å². The fourth-order valence-electron chi connectivity index (χ4n) is 4.50. The van der Waals surface area contributed by atoms with Gasteiger partial charge in [0.05, 0.1) is 41.8 Å². The van der Waals surface area contributed by atoms with Gasteiger partial charge in [0.1, 0.15) is 6.04 Å². The standard InChI is InChI=1S/C22H23N5O3S.H2/c23-8-15-12-31-13-27(15)21(28)9-25-22(29)18-5-6-24-20-4-1-14(7-19(18)20)26-10-16-2-3-17(11-26)30-16;/h1,4-7,15-17H,2-3,9-13H2,(H,25,29);1H/t15-,16?,17?;/m1./s1. The number of thioether (sulfide) groups is 1. The van der Waals surface area contributed by atoms with Crippen molar-refractivity contribution < 1.29 is 15.8 Å². The molecule has 8 nitrogen and oxygen atoms in total. The van der Waals surface area contributed by atoms with Crippen LogP contribution in [0.25, 0.3) is 10.9 Å². The molecule has 3 aliphatic rings. The maximum absolute atomic E-state index is 12.9. The highest BCUT2D eigenvalue weighted by Gasteiger charge is 2.34. The van der Waals surface area contributed by atoms with Crippen molar-refractivity contribution in [1.82, 2.24) is 15.2 Å². The molecule has 2 aromatic rings. The van der Waals surface area contributed by atoms with Gasteiger partial charge in [-0.25, -0.2) is 0 Å². The number of carbonyl (C=O) groups excluding carboxylic acids is 2. The van der Waals surface area contributed by atoms with Gasteiger partial charge in [-0.2, -0.15) is 5.26 Å². The second-order valence-corrected chi connectivity index (χ2v) is 9.11. The van der Waals surface area contributed by atoms with E-state index >= 15 is 0 Å². The number of benzene rings is 1. The molecule has 1 aromatic heterocycles. The number of fused-ring (bicyclic) bond motifs is 3. The Morgan fingerprint density at radius 3 is 2.87 bits per heavy atom. The number of nitrogens with zero attached hydrogens (tertiary/aromatic N) is 4. The van der Waals surface area contributed by atoms with E-state index in [9.17, 15) is 9.59 Å². The van der Waals surface area contributed by atoms with Crippen LogP contribution in [0.4, 0.5) is 5.69 Å². The Balaban J connectivity index is 0.00000245. The molecule has 0 aliphatic carbocycles. The van der Waals surface area contributed by atoms with Gasteiger partial charge in [0, 0.05) is 37.5 Å². The van der Waals surface area contributed by atoms with E-state index in [-0.39, 0.29) is 32.0 Å². The van der Waals surface area contributed by atoms with Gasteiger partial charge < -0.3 is 19.9 Å². The number of hydrogen-bond acceptors (Lipinski definition) is 7. The molecule has 0 saturated carbocycles. The topological polar surface area (TPSA) is 98.6 Å². The van der Waals surface area contributed by atoms with Gasteiger partial charge in [0.15, 0.2) is 0 Å². The van der Waals surface area contributed by atoms with Crippen LogP contribution < -0.4 is 10.2 Å². The number of rotatable bonds is 4. The lowest BCUT2D eigenvalue weighted by Crippen LogP contribution is -2.43. The smallest absolute Gasteiger partial charge is 0.252 e. The molecule has 3 atom stereocenters. The zero-order valence-electron chi connectivity index (χ0n) is 17.0. The van der Waals surface area contributed by atoms with Gasteiger partial charge in [-0.1, -0.05) is 0 Å². The zero-order valence-corrected chi connectivity index (χ0v) is 17.8. The first-order chi connectivity index (χ1) is 15.1. The van der Waals surface area contributed by atoms with Crippen molar-refractivity contribution in [2.75, 3.05) is 36.2 Å². The Hall–Kier alpha value is -2.83. The molecular weight excluding hydrogens is 414 g/mol. The fourth-order valence-corrected chi connectivity index (χ4v) is 5.61. The van der Waals surface area contributed by atoms with Gasteiger partial charge in [-0.05, 0) is 37.1 Å². The maximum Gasteiger partial charge on any atom is 0.252 e. The zero-order chi connectivity index (χ0) is 21.4. The lowest BCUT2D eigenvalue weighted by molar-refractivity contribution is -0.129. The van der Waals surface area contributed by atoms with E-state index in [0.717, 1.165) is 42.5 Å². The van der Waals surface area contributed by atoms with E-state index in [1.807, 2.05) is 18.2 Å². The van der Waals surface area contributed by atoms with E-state index in [1.54, 1.807) is 24.0 Å². The number of carbonyl (C=O) groups is 2. The highest BCUT2D eigenvalue weighted by Crippen LogP contribution is 2.31. The van der Waals surface area contributed by atoms with Crippen LogP contribution in [0.2, 0.25) is 0 Å². The molecule has 1 aromatic carbocycles. The number of amides is 2. The molecule has 4 heterocycles. The summed E-state index contributed by atoms with van der Waals surface area (Å²) in [6.07, 6.45) is 4.35. The first-order valence-electron chi connectivity index (χ1n) is 10.5. The molecule has 0 radical (unpaired) electrons. The number of pyridine rings is 1. The molecule has 1 N–H and O–H groups in total. The van der Waals surface area contributed by atoms with Crippen LogP contribution >= 0.6 is 11.8 Å². The van der Waals surface area contributed by atoms with Gasteiger partial charge in [-0.15, -0.1) is 11.8 Å². The number of anilines is 1. The molecule has 2 bridgehead atoms. The second-order valence-electron chi connectivity index (χ2n) is 8.11. The SMILES string of the molecule is N#C[C@@H]1CSCN1C(=O)CNC(=O)c1ccnc2ccc(N3CC4CCC(C3)O4)cc12.[HH]. The normalized spacial score (nSPS) is 24.9. The number of nitriles is 1. The molecule has 2 amide bonds. The first-order valence-corrected chi connectivity index (χ1v) is 11.6. The van der Waals surface area contributed by atoms with Gasteiger partial charge in [-0.3, -0.25) is 14.6 Å². The Morgan fingerprint density at radius 1 is 1.29 bits per heavy atom. The van der Waals surface area contributed by atoms with E-state index in [1.165, 1.54) is 4.90 Å². The number of hydrogen-bond donors (Lipinski definition) is 1. The summed E-state index contributed by atoms with van der Waals surface area (Å²) in [5.74, 6) is 0.529. The Kier molecular flexibility index (Phi) is 5.42. The van der Waals surface area contributed by atoms with Crippen LogP contribution in [0.3, 0.4) is 0 Å². The van der Waals surface area contributed by atoms with Crippen molar-refractivity contribution in [2.45, 2.75) is 31.1 Å². The first kappa shape index (κ1) is 20.1. The van der Waals surface area contributed by atoms with Crippen LogP contribution in [0.1, 0.15) is 24.6 Å². The van der Waals surface area contributed by atoms with Crippen molar-refractivity contribution in [3.8, 4) is 6.07 Å². The third-order valence-corrected chi connectivity index (χ3v) is 7.14. The quantitative estimate of drug-likeness (QED) is 0.778. The summed E-state index contributed by atoms with van der Waals surface area (Å²) in [5, 5.41) is 12.7. The third kappa shape index (κ3) is 3.93. The molecule has 9 heteroatoms. The van der Waals surface area contributed by atoms with Gasteiger partial charge in [0.25, 0.3) is 5.91 Å². The lowest BCUT2D eigenvalue weighted by atomic mass is 10.1. The highest BCUT2D eigenvalue weighted by molar-refractivity contribution is 7.99. The Morgan fingerprint density at radius 2 is 2.10 bits per heavy atom. The average Bonchev–Trinajstić information content (AvgIpc) is 3.42.